The van der Waals surface area contributed by atoms with E-state index in [-0.39, 0.29) is 25.4 Å². The second-order valence-electron chi connectivity index (χ2n) is 4.27. The van der Waals surface area contributed by atoms with Crippen LogP contribution in [0.4, 0.5) is 0 Å². The highest BCUT2D eigenvalue weighted by molar-refractivity contribution is 7.87. The van der Waals surface area contributed by atoms with Gasteiger partial charge >= 0.3 is 5.97 Å². The van der Waals surface area contributed by atoms with Gasteiger partial charge in [-0.3, -0.25) is 4.79 Å². The minimum absolute atomic E-state index is 0.00113. The predicted molar refractivity (Wildman–Crippen MR) is 76.7 cm³/mol. The molecule has 0 bridgehead atoms. The average Bonchev–Trinajstić information content (AvgIpc) is 2.95. The van der Waals surface area contributed by atoms with Crippen LogP contribution in [0.3, 0.4) is 0 Å². The Bertz CT molecular complexity index is 516. The third-order valence-electron chi connectivity index (χ3n) is 2.71. The van der Waals surface area contributed by atoms with E-state index in [0.29, 0.717) is 0 Å². The molecule has 0 aliphatic heterocycles. The molecule has 20 heavy (non-hydrogen) atoms. The van der Waals surface area contributed by atoms with Crippen molar-refractivity contribution >= 4 is 27.5 Å². The van der Waals surface area contributed by atoms with Gasteiger partial charge in [-0.15, -0.1) is 11.3 Å². The Morgan fingerprint density at radius 3 is 2.85 bits per heavy atom. The summed E-state index contributed by atoms with van der Waals surface area (Å²) in [6, 6.07) is 0. The Labute approximate surface area is 123 Å². The third kappa shape index (κ3) is 5.16. The number of hydrogen-bond acceptors (Lipinski definition) is 6. The minimum Gasteiger partial charge on any atom is -0.469 e. The molecule has 1 heterocycles. The molecule has 1 N–H and O–H groups in total. The Hall–Kier alpha value is -1.03. The Balaban J connectivity index is 2.46. The summed E-state index contributed by atoms with van der Waals surface area (Å²) < 4.78 is 32.0. The van der Waals surface area contributed by atoms with Crippen LogP contribution in [0.5, 0.6) is 0 Å². The molecular weight excluding hydrogens is 302 g/mol. The van der Waals surface area contributed by atoms with Gasteiger partial charge in [0.2, 0.25) is 0 Å². The normalized spacial score (nSPS) is 13.4. The van der Waals surface area contributed by atoms with Crippen LogP contribution in [0.1, 0.15) is 24.3 Å². The van der Waals surface area contributed by atoms with E-state index < -0.39 is 16.2 Å². The number of hydrogen-bond donors (Lipinski definition) is 1. The predicted octanol–water partition coefficient (Wildman–Crippen LogP) is 0.576. The fourth-order valence-electron chi connectivity index (χ4n) is 1.38. The molecule has 0 amide bonds. The largest absolute Gasteiger partial charge is 0.469 e. The molecule has 0 radical (unpaired) electrons. The number of rotatable bonds is 8. The van der Waals surface area contributed by atoms with Crippen molar-refractivity contribution in [2.45, 2.75) is 19.3 Å². The topological polar surface area (TPSA) is 88.6 Å². The zero-order valence-corrected chi connectivity index (χ0v) is 13.3. The maximum atomic E-state index is 12.0. The number of nitrogens with one attached hydrogen (secondary N) is 1. The molecule has 1 aromatic heterocycles. The standard InChI is InChI=1S/C11H19N3O4S2/c1-9(11-12-5-7-19-11)8-13-20(16,17)14(2)6-4-10(15)18-3/h5,7,9,13H,4,6,8H2,1-3H3. The van der Waals surface area contributed by atoms with Gasteiger partial charge in [0.05, 0.1) is 18.5 Å². The van der Waals surface area contributed by atoms with E-state index in [0.717, 1.165) is 9.31 Å². The number of ether oxygens (including phenoxy) is 1. The van der Waals surface area contributed by atoms with E-state index >= 15 is 0 Å². The molecule has 0 aliphatic carbocycles. The molecule has 1 atom stereocenters. The Morgan fingerprint density at radius 2 is 2.30 bits per heavy atom. The van der Waals surface area contributed by atoms with Gasteiger partial charge < -0.3 is 4.74 Å². The number of esters is 1. The van der Waals surface area contributed by atoms with E-state index in [1.807, 2.05) is 12.3 Å². The van der Waals surface area contributed by atoms with Crippen LogP contribution in [-0.2, 0) is 19.7 Å². The number of nitrogens with zero attached hydrogens (tertiary/aromatic N) is 2. The van der Waals surface area contributed by atoms with Crippen molar-refractivity contribution in [1.29, 1.82) is 0 Å². The number of thiazole rings is 1. The lowest BCUT2D eigenvalue weighted by Gasteiger charge is -2.18. The fourth-order valence-corrected chi connectivity index (χ4v) is 3.09. The first-order valence-electron chi connectivity index (χ1n) is 6.04. The van der Waals surface area contributed by atoms with Crippen molar-refractivity contribution in [2.24, 2.45) is 0 Å². The van der Waals surface area contributed by atoms with Crippen molar-refractivity contribution in [1.82, 2.24) is 14.0 Å². The van der Waals surface area contributed by atoms with Crippen molar-refractivity contribution < 1.29 is 17.9 Å². The SMILES string of the molecule is COC(=O)CCN(C)S(=O)(=O)NCC(C)c1nccs1. The highest BCUT2D eigenvalue weighted by atomic mass is 32.2. The second kappa shape index (κ2) is 7.67. The van der Waals surface area contributed by atoms with Gasteiger partial charge in [-0.05, 0) is 0 Å². The van der Waals surface area contributed by atoms with Crippen molar-refractivity contribution in [3.05, 3.63) is 16.6 Å². The molecule has 0 aliphatic rings. The summed E-state index contributed by atoms with van der Waals surface area (Å²) in [7, 11) is -0.913. The van der Waals surface area contributed by atoms with Crippen LogP contribution in [0.2, 0.25) is 0 Å². The second-order valence-corrected chi connectivity index (χ2v) is 7.06. The first-order valence-corrected chi connectivity index (χ1v) is 8.36. The van der Waals surface area contributed by atoms with Crippen LogP contribution in [0.15, 0.2) is 11.6 Å². The quantitative estimate of drug-likeness (QED) is 0.707. The van der Waals surface area contributed by atoms with Crippen molar-refractivity contribution in [3.8, 4) is 0 Å². The van der Waals surface area contributed by atoms with Gasteiger partial charge in [-0.2, -0.15) is 12.7 Å². The monoisotopic (exact) mass is 321 g/mol. The summed E-state index contributed by atoms with van der Waals surface area (Å²) in [6.45, 7) is 2.24. The maximum Gasteiger partial charge on any atom is 0.306 e. The average molecular weight is 321 g/mol. The summed E-state index contributed by atoms with van der Waals surface area (Å²) in [5.41, 5.74) is 0. The zero-order chi connectivity index (χ0) is 15.2. The molecule has 0 saturated carbocycles. The lowest BCUT2D eigenvalue weighted by Crippen LogP contribution is -2.40. The molecule has 0 aromatic carbocycles. The summed E-state index contributed by atoms with van der Waals surface area (Å²) in [5.74, 6) is -0.443. The number of carbonyl (C=O) groups excluding carboxylic acids is 1. The summed E-state index contributed by atoms with van der Waals surface area (Å²) in [4.78, 5) is 15.1. The number of methoxy groups -OCH3 is 1. The van der Waals surface area contributed by atoms with Gasteiger partial charge in [0.1, 0.15) is 0 Å². The fraction of sp³-hybridized carbons (Fsp3) is 0.636. The zero-order valence-electron chi connectivity index (χ0n) is 11.7. The lowest BCUT2D eigenvalue weighted by atomic mass is 10.2. The highest BCUT2D eigenvalue weighted by Crippen LogP contribution is 2.16. The molecule has 0 spiro atoms. The van der Waals surface area contributed by atoms with E-state index in [1.165, 1.54) is 25.5 Å². The van der Waals surface area contributed by atoms with Crippen LogP contribution < -0.4 is 4.72 Å². The molecule has 0 saturated heterocycles. The molecule has 7 nitrogen and oxygen atoms in total. The molecule has 114 valence electrons. The van der Waals surface area contributed by atoms with Crippen LogP contribution >= 0.6 is 11.3 Å². The minimum atomic E-state index is -3.60. The molecular formula is C11H19N3O4S2. The van der Waals surface area contributed by atoms with Crippen LogP contribution in [0.25, 0.3) is 0 Å². The lowest BCUT2D eigenvalue weighted by molar-refractivity contribution is -0.140. The van der Waals surface area contributed by atoms with E-state index in [4.69, 9.17) is 0 Å². The van der Waals surface area contributed by atoms with Crippen LogP contribution in [0, 0.1) is 0 Å². The highest BCUT2D eigenvalue weighted by Gasteiger charge is 2.20. The molecule has 0 fully saturated rings. The number of carbonyl (C=O) groups is 1. The molecule has 1 rings (SSSR count). The Morgan fingerprint density at radius 1 is 1.60 bits per heavy atom. The van der Waals surface area contributed by atoms with Gasteiger partial charge in [-0.1, -0.05) is 6.92 Å². The van der Waals surface area contributed by atoms with Gasteiger partial charge in [0, 0.05) is 37.6 Å². The van der Waals surface area contributed by atoms with Crippen molar-refractivity contribution in [3.63, 3.8) is 0 Å². The first-order chi connectivity index (χ1) is 9.36. The van der Waals surface area contributed by atoms with E-state index in [9.17, 15) is 13.2 Å². The van der Waals surface area contributed by atoms with Crippen molar-refractivity contribution in [2.75, 3.05) is 27.2 Å². The smallest absolute Gasteiger partial charge is 0.306 e. The summed E-state index contributed by atoms with van der Waals surface area (Å²) in [6.07, 6.45) is 1.71. The van der Waals surface area contributed by atoms with Gasteiger partial charge in [0.15, 0.2) is 0 Å². The maximum absolute atomic E-state index is 12.0. The first kappa shape index (κ1) is 17.0. The van der Waals surface area contributed by atoms with Gasteiger partial charge in [-0.25, -0.2) is 9.71 Å². The van der Waals surface area contributed by atoms with Gasteiger partial charge in [0.25, 0.3) is 10.2 Å². The van der Waals surface area contributed by atoms with E-state index in [2.05, 4.69) is 14.4 Å². The Kier molecular flexibility index (Phi) is 6.53. The molecule has 1 aromatic rings. The van der Waals surface area contributed by atoms with Crippen LogP contribution in [-0.4, -0.2) is 50.9 Å². The third-order valence-corrected chi connectivity index (χ3v) is 5.26. The molecule has 9 heteroatoms. The summed E-state index contributed by atoms with van der Waals surface area (Å²) in [5, 5.41) is 2.73. The van der Waals surface area contributed by atoms with E-state index in [1.54, 1.807) is 6.20 Å². The number of aromatic nitrogens is 1. The summed E-state index contributed by atoms with van der Waals surface area (Å²) >= 11 is 1.49. The molecule has 1 unspecified atom stereocenters.